The molecule has 0 aromatic carbocycles. The molecule has 2 aliphatic heterocycles. The first kappa shape index (κ1) is 24.9. The van der Waals surface area contributed by atoms with Crippen LogP contribution < -0.4 is 10.6 Å². The summed E-state index contributed by atoms with van der Waals surface area (Å²) in [5, 5.41) is 6.93. The van der Waals surface area contributed by atoms with Gasteiger partial charge in [-0.25, -0.2) is 0 Å². The number of methoxy groups -OCH3 is 1. The van der Waals surface area contributed by atoms with Crippen molar-refractivity contribution in [1.82, 2.24) is 20.4 Å². The Kier molecular flexibility index (Phi) is 12.8. The highest BCUT2D eigenvalue weighted by Crippen LogP contribution is 2.15. The molecule has 160 valence electrons. The van der Waals surface area contributed by atoms with Gasteiger partial charge in [-0.1, -0.05) is 13.8 Å². The molecule has 0 radical (unpaired) electrons. The van der Waals surface area contributed by atoms with Crippen LogP contribution in [0.25, 0.3) is 0 Å². The number of nitrogens with one attached hydrogen (secondary N) is 2. The third-order valence-electron chi connectivity index (χ3n) is 5.15. The van der Waals surface area contributed by atoms with Gasteiger partial charge in [-0.3, -0.25) is 14.8 Å². The van der Waals surface area contributed by atoms with Gasteiger partial charge in [0.05, 0.1) is 19.3 Å². The molecule has 7 nitrogen and oxygen atoms in total. The number of halogens is 1. The molecule has 0 aromatic heterocycles. The van der Waals surface area contributed by atoms with Crippen LogP contribution >= 0.6 is 24.0 Å². The third kappa shape index (κ3) is 9.25. The third-order valence-corrected chi connectivity index (χ3v) is 5.15. The molecule has 2 saturated heterocycles. The molecule has 0 saturated carbocycles. The molecular weight excluding hydrogens is 457 g/mol. The predicted molar refractivity (Wildman–Crippen MR) is 122 cm³/mol. The Bertz CT molecular complexity index is 425. The minimum absolute atomic E-state index is 0. The molecule has 2 atom stereocenters. The van der Waals surface area contributed by atoms with E-state index in [-0.39, 0.29) is 30.1 Å². The van der Waals surface area contributed by atoms with E-state index >= 15 is 0 Å². The maximum Gasteiger partial charge on any atom is 0.191 e. The summed E-state index contributed by atoms with van der Waals surface area (Å²) < 4.78 is 11.1. The fourth-order valence-corrected chi connectivity index (χ4v) is 3.86. The molecule has 0 spiro atoms. The van der Waals surface area contributed by atoms with E-state index in [2.05, 4.69) is 39.3 Å². The zero-order valence-corrected chi connectivity index (χ0v) is 19.9. The second-order valence-electron chi connectivity index (χ2n) is 7.81. The molecule has 2 fully saturated rings. The number of rotatable bonds is 9. The van der Waals surface area contributed by atoms with E-state index < -0.39 is 0 Å². The van der Waals surface area contributed by atoms with Gasteiger partial charge in [-0.15, -0.1) is 24.0 Å². The van der Waals surface area contributed by atoms with Crippen LogP contribution in [0.5, 0.6) is 0 Å². The summed E-state index contributed by atoms with van der Waals surface area (Å²) >= 11 is 0. The van der Waals surface area contributed by atoms with E-state index in [0.717, 1.165) is 58.4 Å². The van der Waals surface area contributed by atoms with Crippen molar-refractivity contribution >= 4 is 29.9 Å². The van der Waals surface area contributed by atoms with Gasteiger partial charge in [0, 0.05) is 59.5 Å². The van der Waals surface area contributed by atoms with Crippen LogP contribution in [-0.2, 0) is 9.47 Å². The van der Waals surface area contributed by atoms with Crippen LogP contribution in [0.15, 0.2) is 4.99 Å². The lowest BCUT2D eigenvalue weighted by Gasteiger charge is -2.34. The summed E-state index contributed by atoms with van der Waals surface area (Å²) in [6.45, 7) is 13.3. The molecular formula is C19H40IN5O2. The summed E-state index contributed by atoms with van der Waals surface area (Å²) in [7, 11) is 3.60. The summed E-state index contributed by atoms with van der Waals surface area (Å²) in [6, 6.07) is 0.566. The van der Waals surface area contributed by atoms with Crippen molar-refractivity contribution < 1.29 is 9.47 Å². The van der Waals surface area contributed by atoms with Gasteiger partial charge >= 0.3 is 0 Å². The summed E-state index contributed by atoms with van der Waals surface area (Å²) in [4.78, 5) is 9.38. The van der Waals surface area contributed by atoms with Gasteiger partial charge < -0.3 is 20.1 Å². The zero-order valence-electron chi connectivity index (χ0n) is 17.6. The second-order valence-corrected chi connectivity index (χ2v) is 7.81. The van der Waals surface area contributed by atoms with Crippen LogP contribution in [0.2, 0.25) is 0 Å². The standard InChI is InChI=1S/C19H39N5O2.HI/c1-16(2)14-23-8-11-26-18(15-23)13-22-19(20-3)21-12-17-6-5-7-24(17)9-10-25-4;/h16-18H,5-15H2,1-4H3,(H2,20,21,22);1H. The van der Waals surface area contributed by atoms with Gasteiger partial charge in [0.15, 0.2) is 5.96 Å². The van der Waals surface area contributed by atoms with Crippen molar-refractivity contribution in [3.05, 3.63) is 0 Å². The van der Waals surface area contributed by atoms with E-state index in [1.54, 1.807) is 7.11 Å². The summed E-state index contributed by atoms with van der Waals surface area (Å²) in [5.41, 5.74) is 0. The van der Waals surface area contributed by atoms with Gasteiger partial charge in [-0.2, -0.15) is 0 Å². The van der Waals surface area contributed by atoms with E-state index in [1.165, 1.54) is 19.4 Å². The van der Waals surface area contributed by atoms with E-state index in [0.29, 0.717) is 12.0 Å². The topological polar surface area (TPSA) is 61.4 Å². The fourth-order valence-electron chi connectivity index (χ4n) is 3.86. The van der Waals surface area contributed by atoms with Crippen LogP contribution in [0.4, 0.5) is 0 Å². The number of guanidine groups is 1. The minimum Gasteiger partial charge on any atom is -0.383 e. The Morgan fingerprint density at radius 2 is 2.04 bits per heavy atom. The van der Waals surface area contributed by atoms with Gasteiger partial charge in [0.1, 0.15) is 0 Å². The molecule has 0 aliphatic carbocycles. The molecule has 8 heteroatoms. The van der Waals surface area contributed by atoms with Crippen molar-refractivity contribution in [2.45, 2.75) is 38.8 Å². The second kappa shape index (κ2) is 13.9. The highest BCUT2D eigenvalue weighted by molar-refractivity contribution is 14.0. The molecule has 2 unspecified atom stereocenters. The number of likely N-dealkylation sites (tertiary alicyclic amines) is 1. The van der Waals surface area contributed by atoms with Gasteiger partial charge in [0.2, 0.25) is 0 Å². The average molecular weight is 497 g/mol. The van der Waals surface area contributed by atoms with Crippen LogP contribution in [0.1, 0.15) is 26.7 Å². The minimum atomic E-state index is 0. The Labute approximate surface area is 182 Å². The highest BCUT2D eigenvalue weighted by Gasteiger charge is 2.24. The Morgan fingerprint density at radius 3 is 2.74 bits per heavy atom. The molecule has 2 N–H and O–H groups in total. The molecule has 0 amide bonds. The number of aliphatic imine (C=N–C) groups is 1. The smallest absolute Gasteiger partial charge is 0.191 e. The average Bonchev–Trinajstić information content (AvgIpc) is 3.07. The van der Waals surface area contributed by atoms with E-state index in [9.17, 15) is 0 Å². The molecule has 27 heavy (non-hydrogen) atoms. The Morgan fingerprint density at radius 1 is 1.26 bits per heavy atom. The number of ether oxygens (including phenoxy) is 2. The first-order chi connectivity index (χ1) is 12.6. The first-order valence-electron chi connectivity index (χ1n) is 10.1. The van der Waals surface area contributed by atoms with Crippen molar-refractivity contribution in [2.24, 2.45) is 10.9 Å². The van der Waals surface area contributed by atoms with E-state index in [4.69, 9.17) is 9.47 Å². The quantitative estimate of drug-likeness (QED) is 0.284. The number of hydrogen-bond acceptors (Lipinski definition) is 5. The lowest BCUT2D eigenvalue weighted by atomic mass is 10.2. The molecule has 2 aliphatic rings. The number of nitrogens with zero attached hydrogens (tertiary/aromatic N) is 3. The van der Waals surface area contributed by atoms with Crippen molar-refractivity contribution in [2.75, 3.05) is 73.2 Å². The Balaban J connectivity index is 0.00000364. The highest BCUT2D eigenvalue weighted by atomic mass is 127. The monoisotopic (exact) mass is 497 g/mol. The molecule has 0 bridgehead atoms. The Hall–Kier alpha value is -0.160. The maximum atomic E-state index is 5.91. The van der Waals surface area contributed by atoms with Crippen LogP contribution in [0, 0.1) is 5.92 Å². The summed E-state index contributed by atoms with van der Waals surface area (Å²) in [5.74, 6) is 1.57. The van der Waals surface area contributed by atoms with Crippen molar-refractivity contribution in [3.8, 4) is 0 Å². The number of hydrogen-bond donors (Lipinski definition) is 2. The first-order valence-corrected chi connectivity index (χ1v) is 10.1. The SMILES string of the molecule is CN=C(NCC1CN(CC(C)C)CCO1)NCC1CCCN1CCOC.I. The lowest BCUT2D eigenvalue weighted by Crippen LogP contribution is -2.51. The van der Waals surface area contributed by atoms with Crippen molar-refractivity contribution in [3.63, 3.8) is 0 Å². The van der Waals surface area contributed by atoms with Crippen molar-refractivity contribution in [1.29, 1.82) is 0 Å². The molecule has 2 heterocycles. The fraction of sp³-hybridized carbons (Fsp3) is 0.947. The van der Waals surface area contributed by atoms with Gasteiger partial charge in [0.25, 0.3) is 0 Å². The van der Waals surface area contributed by atoms with Crippen LogP contribution in [-0.4, -0.2) is 101 Å². The largest absolute Gasteiger partial charge is 0.383 e. The number of morpholine rings is 1. The molecule has 0 aromatic rings. The van der Waals surface area contributed by atoms with Gasteiger partial charge in [-0.05, 0) is 25.3 Å². The maximum absolute atomic E-state index is 5.91. The molecule has 2 rings (SSSR count). The predicted octanol–water partition coefficient (Wildman–Crippen LogP) is 1.24. The zero-order chi connectivity index (χ0) is 18.8. The normalized spacial score (nSPS) is 24.9. The van der Waals surface area contributed by atoms with Crippen LogP contribution in [0.3, 0.4) is 0 Å². The van der Waals surface area contributed by atoms with E-state index in [1.807, 2.05) is 7.05 Å². The lowest BCUT2D eigenvalue weighted by molar-refractivity contribution is -0.0284. The summed E-state index contributed by atoms with van der Waals surface area (Å²) in [6.07, 6.45) is 2.73.